The van der Waals surface area contributed by atoms with Crippen molar-refractivity contribution in [2.75, 3.05) is 6.26 Å². The van der Waals surface area contributed by atoms with Crippen LogP contribution in [0, 0.1) is 11.3 Å². The van der Waals surface area contributed by atoms with Gasteiger partial charge >= 0.3 is 0 Å². The van der Waals surface area contributed by atoms with Crippen molar-refractivity contribution in [2.45, 2.75) is 11.4 Å². The maximum atomic E-state index is 12.1. The fourth-order valence-electron chi connectivity index (χ4n) is 1.79. The van der Waals surface area contributed by atoms with Gasteiger partial charge in [-0.05, 0) is 47.7 Å². The van der Waals surface area contributed by atoms with Crippen molar-refractivity contribution in [3.63, 3.8) is 0 Å². The van der Waals surface area contributed by atoms with Crippen LogP contribution >= 0.6 is 11.8 Å². The number of nitrogens with one attached hydrogen (secondary N) is 1. The Kier molecular flexibility index (Phi) is 5.75. The Bertz CT molecular complexity index is 703. The van der Waals surface area contributed by atoms with Crippen LogP contribution in [0.3, 0.4) is 0 Å². The second kappa shape index (κ2) is 8.01. The molecule has 0 saturated carbocycles. The molecule has 2 aromatic rings. The molecule has 1 amide bonds. The highest BCUT2D eigenvalue weighted by molar-refractivity contribution is 7.98. The van der Waals surface area contributed by atoms with Gasteiger partial charge in [-0.25, -0.2) is 0 Å². The van der Waals surface area contributed by atoms with E-state index in [1.807, 2.05) is 48.7 Å². The zero-order valence-electron chi connectivity index (χ0n) is 12.1. The summed E-state index contributed by atoms with van der Waals surface area (Å²) in [5, 5.41) is 11.9. The molecule has 110 valence electrons. The summed E-state index contributed by atoms with van der Waals surface area (Å²) in [5.41, 5.74) is 1.85. The lowest BCUT2D eigenvalue weighted by molar-refractivity contribution is -0.117. The molecule has 0 atom stereocenters. The van der Waals surface area contributed by atoms with Gasteiger partial charge in [0.15, 0.2) is 0 Å². The average molecular weight is 309 g/mol. The molecule has 22 heavy (non-hydrogen) atoms. The van der Waals surface area contributed by atoms with E-state index in [1.54, 1.807) is 30.2 Å². The fraction of sp³-hybridized carbons (Fsp3) is 0.118. The highest BCUT2D eigenvalue weighted by atomic mass is 32.2. The molecule has 1 N–H and O–H groups in total. The normalized spacial score (nSPS) is 10.8. The average Bonchev–Trinajstić information content (AvgIpc) is 2.59. The lowest BCUT2D eigenvalue weighted by Crippen LogP contribution is -2.23. The van der Waals surface area contributed by atoms with Crippen molar-refractivity contribution in [1.82, 2.24) is 10.3 Å². The van der Waals surface area contributed by atoms with Gasteiger partial charge in [0.2, 0.25) is 0 Å². The predicted octanol–water partition coefficient (Wildman–Crippen LogP) is 3.03. The standard InChI is InChI=1S/C17H15N3OS/c1-22-16-4-2-13(3-5-16)10-15(11-18)17(21)20-12-14-6-8-19-9-7-14/h2-10H,12H2,1H3,(H,20,21)/b15-10+. The van der Waals surface area contributed by atoms with Gasteiger partial charge < -0.3 is 5.32 Å². The van der Waals surface area contributed by atoms with Crippen LogP contribution in [-0.4, -0.2) is 17.1 Å². The van der Waals surface area contributed by atoms with E-state index < -0.39 is 0 Å². The molecule has 4 nitrogen and oxygen atoms in total. The smallest absolute Gasteiger partial charge is 0.262 e. The van der Waals surface area contributed by atoms with Gasteiger partial charge in [-0.3, -0.25) is 9.78 Å². The molecule has 0 unspecified atom stereocenters. The quantitative estimate of drug-likeness (QED) is 0.524. The van der Waals surface area contributed by atoms with Crippen molar-refractivity contribution in [1.29, 1.82) is 5.26 Å². The molecular weight excluding hydrogens is 294 g/mol. The number of amides is 1. The Labute approximate surface area is 133 Å². The van der Waals surface area contributed by atoms with Crippen LogP contribution in [0.5, 0.6) is 0 Å². The van der Waals surface area contributed by atoms with E-state index in [4.69, 9.17) is 5.26 Å². The molecule has 1 aromatic carbocycles. The Balaban J connectivity index is 2.04. The molecule has 0 radical (unpaired) electrons. The van der Waals surface area contributed by atoms with E-state index >= 15 is 0 Å². The third kappa shape index (κ3) is 4.47. The summed E-state index contributed by atoms with van der Waals surface area (Å²) in [5.74, 6) is -0.381. The number of nitrogens with zero attached hydrogens (tertiary/aromatic N) is 2. The van der Waals surface area contributed by atoms with Crippen molar-refractivity contribution in [3.8, 4) is 6.07 Å². The van der Waals surface area contributed by atoms with Crippen molar-refractivity contribution in [2.24, 2.45) is 0 Å². The number of hydrogen-bond donors (Lipinski definition) is 1. The Hall–Kier alpha value is -2.58. The highest BCUT2D eigenvalue weighted by Crippen LogP contribution is 2.16. The second-order valence-corrected chi connectivity index (χ2v) is 5.36. The number of carbonyl (C=O) groups excluding carboxylic acids is 1. The Morgan fingerprint density at radius 2 is 1.95 bits per heavy atom. The highest BCUT2D eigenvalue weighted by Gasteiger charge is 2.08. The first kappa shape index (κ1) is 15.8. The summed E-state index contributed by atoms with van der Waals surface area (Å²) in [4.78, 5) is 17.1. The van der Waals surface area contributed by atoms with Crippen LogP contribution in [0.4, 0.5) is 0 Å². The predicted molar refractivity (Wildman–Crippen MR) is 87.9 cm³/mol. The molecule has 0 bridgehead atoms. The molecule has 0 aliphatic heterocycles. The first-order valence-electron chi connectivity index (χ1n) is 6.66. The van der Waals surface area contributed by atoms with Crippen LogP contribution in [0.25, 0.3) is 6.08 Å². The molecule has 0 spiro atoms. The fourth-order valence-corrected chi connectivity index (χ4v) is 2.20. The first-order valence-corrected chi connectivity index (χ1v) is 7.88. The third-order valence-electron chi connectivity index (χ3n) is 2.99. The Morgan fingerprint density at radius 3 is 2.55 bits per heavy atom. The summed E-state index contributed by atoms with van der Waals surface area (Å²) in [6, 6.07) is 13.3. The molecular formula is C17H15N3OS. The molecule has 1 aromatic heterocycles. The van der Waals surface area contributed by atoms with Gasteiger partial charge in [-0.2, -0.15) is 5.26 Å². The minimum Gasteiger partial charge on any atom is -0.347 e. The SMILES string of the molecule is CSc1ccc(/C=C(\C#N)C(=O)NCc2ccncc2)cc1. The van der Waals surface area contributed by atoms with E-state index in [2.05, 4.69) is 10.3 Å². The summed E-state index contributed by atoms with van der Waals surface area (Å²) in [6.45, 7) is 0.367. The van der Waals surface area contributed by atoms with Gasteiger partial charge in [-0.1, -0.05) is 12.1 Å². The number of benzene rings is 1. The summed E-state index contributed by atoms with van der Waals surface area (Å²) < 4.78 is 0. The number of rotatable bonds is 5. The van der Waals surface area contributed by atoms with Gasteiger partial charge in [0, 0.05) is 23.8 Å². The molecule has 1 heterocycles. The number of thioether (sulfide) groups is 1. The summed E-state index contributed by atoms with van der Waals surface area (Å²) in [6.07, 6.45) is 6.91. The minimum absolute atomic E-state index is 0.0888. The van der Waals surface area contributed by atoms with Gasteiger partial charge in [0.05, 0.1) is 0 Å². The Morgan fingerprint density at radius 1 is 1.27 bits per heavy atom. The summed E-state index contributed by atoms with van der Waals surface area (Å²) in [7, 11) is 0. The van der Waals surface area contributed by atoms with Gasteiger partial charge in [-0.15, -0.1) is 11.8 Å². The van der Waals surface area contributed by atoms with Gasteiger partial charge in [0.1, 0.15) is 11.6 Å². The molecule has 0 aliphatic carbocycles. The maximum Gasteiger partial charge on any atom is 0.262 e. The van der Waals surface area contributed by atoms with Crippen LogP contribution < -0.4 is 5.32 Å². The zero-order chi connectivity index (χ0) is 15.8. The summed E-state index contributed by atoms with van der Waals surface area (Å²) >= 11 is 1.64. The van der Waals surface area contributed by atoms with Gasteiger partial charge in [0.25, 0.3) is 5.91 Å². The first-order chi connectivity index (χ1) is 10.7. The number of carbonyl (C=O) groups is 1. The van der Waals surface area contributed by atoms with Crippen molar-refractivity contribution in [3.05, 3.63) is 65.5 Å². The van der Waals surface area contributed by atoms with E-state index in [-0.39, 0.29) is 11.5 Å². The molecule has 2 rings (SSSR count). The zero-order valence-corrected chi connectivity index (χ0v) is 12.9. The van der Waals surface area contributed by atoms with Crippen molar-refractivity contribution >= 4 is 23.7 Å². The molecule has 0 fully saturated rings. The largest absolute Gasteiger partial charge is 0.347 e. The van der Waals surface area contributed by atoms with Crippen LogP contribution in [0.2, 0.25) is 0 Å². The van der Waals surface area contributed by atoms with Crippen LogP contribution in [0.1, 0.15) is 11.1 Å². The number of pyridine rings is 1. The maximum absolute atomic E-state index is 12.1. The number of nitriles is 1. The van der Waals surface area contributed by atoms with E-state index in [9.17, 15) is 4.79 Å². The van der Waals surface area contributed by atoms with Crippen LogP contribution in [-0.2, 0) is 11.3 Å². The van der Waals surface area contributed by atoms with Crippen molar-refractivity contribution < 1.29 is 4.79 Å². The third-order valence-corrected chi connectivity index (χ3v) is 3.74. The van der Waals surface area contributed by atoms with Crippen LogP contribution in [0.15, 0.2) is 59.3 Å². The lowest BCUT2D eigenvalue weighted by Gasteiger charge is -2.04. The molecule has 5 heteroatoms. The van der Waals surface area contributed by atoms with E-state index in [0.29, 0.717) is 6.54 Å². The minimum atomic E-state index is -0.381. The second-order valence-electron chi connectivity index (χ2n) is 4.48. The van der Waals surface area contributed by atoms with E-state index in [1.165, 1.54) is 0 Å². The number of aromatic nitrogens is 1. The lowest BCUT2D eigenvalue weighted by atomic mass is 10.1. The number of hydrogen-bond acceptors (Lipinski definition) is 4. The monoisotopic (exact) mass is 309 g/mol. The van der Waals surface area contributed by atoms with E-state index in [0.717, 1.165) is 16.0 Å². The molecule has 0 aliphatic rings. The topological polar surface area (TPSA) is 65.8 Å². The molecule has 0 saturated heterocycles.